The van der Waals surface area contributed by atoms with Crippen LogP contribution in [0.15, 0.2) is 4.79 Å². The Balaban J connectivity index is 0.00000200. The Morgan fingerprint density at radius 2 is 2.15 bits per heavy atom. The van der Waals surface area contributed by atoms with E-state index in [-0.39, 0.29) is 29.2 Å². The summed E-state index contributed by atoms with van der Waals surface area (Å²) in [6.45, 7) is 4.78. The molecular formula is C13H22ClN3O2S. The van der Waals surface area contributed by atoms with Crippen LogP contribution < -0.4 is 15.9 Å². The van der Waals surface area contributed by atoms with Gasteiger partial charge in [0.1, 0.15) is 0 Å². The normalized spacial score (nSPS) is 15.6. The van der Waals surface area contributed by atoms with E-state index in [9.17, 15) is 9.59 Å². The van der Waals surface area contributed by atoms with E-state index in [2.05, 4.69) is 5.32 Å². The number of rotatable bonds is 6. The first-order valence-electron chi connectivity index (χ1n) is 6.69. The van der Waals surface area contributed by atoms with Crippen molar-refractivity contribution >= 4 is 29.7 Å². The number of aryl methyl sites for hydroxylation is 1. The van der Waals surface area contributed by atoms with Gasteiger partial charge in [0.25, 0.3) is 0 Å². The highest BCUT2D eigenvalue weighted by atomic mass is 35.5. The molecule has 0 bridgehead atoms. The molecular weight excluding hydrogens is 298 g/mol. The van der Waals surface area contributed by atoms with E-state index in [0.29, 0.717) is 25.4 Å². The molecule has 0 aromatic carbocycles. The molecule has 1 atom stereocenters. The molecule has 0 aliphatic heterocycles. The lowest BCUT2D eigenvalue weighted by Gasteiger charge is -2.16. The smallest absolute Gasteiger partial charge is 0.307 e. The molecule has 1 aliphatic carbocycles. The Hall–Kier alpha value is -0.850. The van der Waals surface area contributed by atoms with Crippen molar-refractivity contribution in [2.45, 2.75) is 45.7 Å². The summed E-state index contributed by atoms with van der Waals surface area (Å²) in [5, 5.41) is 2.97. The van der Waals surface area contributed by atoms with Crippen LogP contribution in [0.4, 0.5) is 0 Å². The molecule has 1 aromatic rings. The molecule has 1 amide bonds. The quantitative estimate of drug-likeness (QED) is 0.827. The molecule has 0 spiro atoms. The van der Waals surface area contributed by atoms with Crippen molar-refractivity contribution < 1.29 is 4.79 Å². The monoisotopic (exact) mass is 319 g/mol. The standard InChI is InChI=1S/C13H21N3O2S.ClH/c1-8-9(2)19-13(18)16(8)6-5-12(17)15-11(7-14)10-3-4-10;/h10-11H,3-7,14H2,1-2H3,(H,15,17);1H. The number of hydrogen-bond donors (Lipinski definition) is 2. The first-order chi connectivity index (χ1) is 9.02. The molecule has 5 nitrogen and oxygen atoms in total. The summed E-state index contributed by atoms with van der Waals surface area (Å²) in [5.41, 5.74) is 6.61. The Morgan fingerprint density at radius 3 is 2.60 bits per heavy atom. The summed E-state index contributed by atoms with van der Waals surface area (Å²) < 4.78 is 1.67. The lowest BCUT2D eigenvalue weighted by molar-refractivity contribution is -0.122. The van der Waals surface area contributed by atoms with Gasteiger partial charge in [0.2, 0.25) is 5.91 Å². The number of nitrogens with one attached hydrogen (secondary N) is 1. The van der Waals surface area contributed by atoms with Crippen molar-refractivity contribution in [3.05, 3.63) is 20.2 Å². The highest BCUT2D eigenvalue weighted by molar-refractivity contribution is 7.09. The minimum atomic E-state index is -0.0162. The van der Waals surface area contributed by atoms with Crippen LogP contribution in [0, 0.1) is 19.8 Å². The number of hydrogen-bond acceptors (Lipinski definition) is 4. The Kier molecular flexibility index (Phi) is 6.23. The lowest BCUT2D eigenvalue weighted by Crippen LogP contribution is -2.42. The van der Waals surface area contributed by atoms with E-state index in [0.717, 1.165) is 23.4 Å². The fraction of sp³-hybridized carbons (Fsp3) is 0.692. The number of nitrogens with two attached hydrogens (primary N) is 1. The fourth-order valence-corrected chi connectivity index (χ4v) is 3.06. The third kappa shape index (κ3) is 4.07. The summed E-state index contributed by atoms with van der Waals surface area (Å²) in [5.74, 6) is 0.541. The van der Waals surface area contributed by atoms with Gasteiger partial charge in [-0.1, -0.05) is 11.3 Å². The molecule has 3 N–H and O–H groups in total. The van der Waals surface area contributed by atoms with Crippen LogP contribution in [0.3, 0.4) is 0 Å². The van der Waals surface area contributed by atoms with Crippen molar-refractivity contribution in [2.24, 2.45) is 11.7 Å². The zero-order valence-corrected chi connectivity index (χ0v) is 13.5. The Morgan fingerprint density at radius 1 is 1.50 bits per heavy atom. The van der Waals surface area contributed by atoms with Gasteiger partial charge in [-0.15, -0.1) is 12.4 Å². The fourth-order valence-electron chi connectivity index (χ4n) is 2.21. The lowest BCUT2D eigenvalue weighted by atomic mass is 10.2. The highest BCUT2D eigenvalue weighted by Gasteiger charge is 2.31. The van der Waals surface area contributed by atoms with E-state index >= 15 is 0 Å². The minimum Gasteiger partial charge on any atom is -0.352 e. The third-order valence-corrected chi connectivity index (χ3v) is 4.73. The maximum Gasteiger partial charge on any atom is 0.307 e. The zero-order valence-electron chi connectivity index (χ0n) is 11.8. The average Bonchev–Trinajstić information content (AvgIpc) is 3.16. The molecule has 0 radical (unpaired) electrons. The van der Waals surface area contributed by atoms with Gasteiger partial charge in [-0.05, 0) is 32.6 Å². The van der Waals surface area contributed by atoms with E-state index in [1.807, 2.05) is 13.8 Å². The number of thiazole rings is 1. The van der Waals surface area contributed by atoms with E-state index < -0.39 is 0 Å². The number of nitrogens with zero attached hydrogens (tertiary/aromatic N) is 1. The van der Waals surface area contributed by atoms with Crippen LogP contribution in [-0.4, -0.2) is 23.1 Å². The third-order valence-electron chi connectivity index (χ3n) is 3.73. The summed E-state index contributed by atoms with van der Waals surface area (Å²) >= 11 is 1.24. The Bertz CT molecular complexity index is 522. The van der Waals surface area contributed by atoms with Gasteiger partial charge in [0, 0.05) is 36.1 Å². The predicted octanol–water partition coefficient (Wildman–Crippen LogP) is 1.19. The molecule has 1 saturated carbocycles. The zero-order chi connectivity index (χ0) is 14.0. The van der Waals surface area contributed by atoms with Gasteiger partial charge in [-0.3, -0.25) is 9.59 Å². The SMILES string of the molecule is Cc1sc(=O)n(CCC(=O)NC(CN)C2CC2)c1C.Cl. The molecule has 1 unspecified atom stereocenters. The van der Waals surface area contributed by atoms with Gasteiger partial charge in [-0.25, -0.2) is 0 Å². The molecule has 1 fully saturated rings. The first kappa shape index (κ1) is 17.2. The second kappa shape index (κ2) is 7.24. The number of halogens is 1. The van der Waals surface area contributed by atoms with Gasteiger partial charge in [0.15, 0.2) is 0 Å². The molecule has 114 valence electrons. The number of carbonyl (C=O) groups is 1. The molecule has 2 rings (SSSR count). The van der Waals surface area contributed by atoms with Crippen LogP contribution in [0.5, 0.6) is 0 Å². The summed E-state index contributed by atoms with van der Waals surface area (Å²) in [7, 11) is 0. The van der Waals surface area contributed by atoms with E-state index in [4.69, 9.17) is 5.73 Å². The largest absolute Gasteiger partial charge is 0.352 e. The second-order valence-electron chi connectivity index (χ2n) is 5.16. The number of amides is 1. The van der Waals surface area contributed by atoms with Crippen molar-refractivity contribution in [3.8, 4) is 0 Å². The van der Waals surface area contributed by atoms with Crippen LogP contribution in [-0.2, 0) is 11.3 Å². The Labute approximate surface area is 129 Å². The highest BCUT2D eigenvalue weighted by Crippen LogP contribution is 2.32. The first-order valence-corrected chi connectivity index (χ1v) is 7.50. The molecule has 20 heavy (non-hydrogen) atoms. The maximum atomic E-state index is 11.9. The van der Waals surface area contributed by atoms with Crippen LogP contribution in [0.25, 0.3) is 0 Å². The van der Waals surface area contributed by atoms with Gasteiger partial charge in [0.05, 0.1) is 0 Å². The summed E-state index contributed by atoms with van der Waals surface area (Å²) in [6, 6.07) is 0.106. The van der Waals surface area contributed by atoms with Crippen LogP contribution >= 0.6 is 23.7 Å². The molecule has 0 saturated heterocycles. The van der Waals surface area contributed by atoms with Crippen LogP contribution in [0.1, 0.15) is 29.8 Å². The van der Waals surface area contributed by atoms with Crippen molar-refractivity contribution in [1.29, 1.82) is 0 Å². The minimum absolute atomic E-state index is 0. The van der Waals surface area contributed by atoms with Gasteiger partial charge in [-0.2, -0.15) is 0 Å². The van der Waals surface area contributed by atoms with Crippen molar-refractivity contribution in [3.63, 3.8) is 0 Å². The number of carbonyl (C=O) groups excluding carboxylic acids is 1. The van der Waals surface area contributed by atoms with E-state index in [1.54, 1.807) is 4.57 Å². The van der Waals surface area contributed by atoms with Crippen LogP contribution in [0.2, 0.25) is 0 Å². The van der Waals surface area contributed by atoms with Crippen molar-refractivity contribution in [2.75, 3.05) is 6.54 Å². The molecule has 7 heteroatoms. The molecule has 1 heterocycles. The predicted molar refractivity (Wildman–Crippen MR) is 83.6 cm³/mol. The summed E-state index contributed by atoms with van der Waals surface area (Å²) in [4.78, 5) is 24.6. The maximum absolute atomic E-state index is 11.9. The van der Waals surface area contributed by atoms with Gasteiger partial charge < -0.3 is 15.6 Å². The summed E-state index contributed by atoms with van der Waals surface area (Å²) in [6.07, 6.45) is 2.65. The van der Waals surface area contributed by atoms with E-state index in [1.165, 1.54) is 11.3 Å². The van der Waals surface area contributed by atoms with Crippen molar-refractivity contribution in [1.82, 2.24) is 9.88 Å². The average molecular weight is 320 g/mol. The van der Waals surface area contributed by atoms with Gasteiger partial charge >= 0.3 is 4.87 Å². The molecule has 1 aromatic heterocycles. The number of aromatic nitrogens is 1. The topological polar surface area (TPSA) is 77.1 Å². The second-order valence-corrected chi connectivity index (χ2v) is 6.32. The molecule has 1 aliphatic rings.